The predicted octanol–water partition coefficient (Wildman–Crippen LogP) is 2.15. The van der Waals surface area contributed by atoms with Crippen molar-refractivity contribution < 1.29 is 9.53 Å². The molecule has 0 spiro atoms. The van der Waals surface area contributed by atoms with E-state index in [2.05, 4.69) is 4.98 Å². The molecule has 0 fully saturated rings. The van der Waals surface area contributed by atoms with Gasteiger partial charge in [0.15, 0.2) is 0 Å². The predicted molar refractivity (Wildman–Crippen MR) is 54.3 cm³/mol. The molecule has 0 unspecified atom stereocenters. The molecule has 1 heterocycles. The fourth-order valence-electron chi connectivity index (χ4n) is 1.10. The van der Waals surface area contributed by atoms with E-state index in [9.17, 15) is 4.79 Å². The molecule has 0 saturated heterocycles. The lowest BCUT2D eigenvalue weighted by molar-refractivity contribution is -0.142. The third kappa shape index (κ3) is 2.70. The Bertz CT molecular complexity index is 339. The number of aromatic nitrogens is 1. The van der Waals surface area contributed by atoms with Gasteiger partial charge in [0.2, 0.25) is 0 Å². The first-order valence-electron chi connectivity index (χ1n) is 4.39. The maximum absolute atomic E-state index is 11.2. The normalized spacial score (nSPS) is 9.93. The quantitative estimate of drug-likeness (QED) is 0.723. The van der Waals surface area contributed by atoms with Crippen LogP contribution in [0.15, 0.2) is 12.4 Å². The Kier molecular flexibility index (Phi) is 3.89. The highest BCUT2D eigenvalue weighted by molar-refractivity contribution is 6.32. The number of rotatable bonds is 3. The molecule has 4 heteroatoms. The molecule has 3 nitrogen and oxygen atoms in total. The number of nitrogens with zero attached hydrogens (tertiary/aromatic N) is 1. The Morgan fingerprint density at radius 3 is 2.93 bits per heavy atom. The van der Waals surface area contributed by atoms with Gasteiger partial charge in [-0.25, -0.2) is 0 Å². The van der Waals surface area contributed by atoms with E-state index in [-0.39, 0.29) is 12.4 Å². The molecule has 14 heavy (non-hydrogen) atoms. The van der Waals surface area contributed by atoms with Gasteiger partial charge in [-0.3, -0.25) is 9.78 Å². The van der Waals surface area contributed by atoms with E-state index in [1.807, 2.05) is 6.92 Å². The fourth-order valence-corrected chi connectivity index (χ4v) is 1.26. The minimum absolute atomic E-state index is 0.182. The Hall–Kier alpha value is -1.09. The molecule has 0 aliphatic rings. The van der Waals surface area contributed by atoms with Crippen LogP contribution in [0, 0.1) is 6.92 Å². The fraction of sp³-hybridized carbons (Fsp3) is 0.400. The van der Waals surface area contributed by atoms with Crippen molar-refractivity contribution in [1.29, 1.82) is 0 Å². The van der Waals surface area contributed by atoms with Crippen molar-refractivity contribution in [2.24, 2.45) is 0 Å². The molecule has 76 valence electrons. The molecule has 0 aliphatic heterocycles. The van der Waals surface area contributed by atoms with Crippen molar-refractivity contribution in [2.45, 2.75) is 20.3 Å². The van der Waals surface area contributed by atoms with Gasteiger partial charge in [-0.1, -0.05) is 11.6 Å². The minimum Gasteiger partial charge on any atom is -0.466 e. The summed E-state index contributed by atoms with van der Waals surface area (Å²) in [4.78, 5) is 15.1. The molecule has 1 aromatic heterocycles. The maximum Gasteiger partial charge on any atom is 0.310 e. The molecule has 0 amide bonds. The summed E-state index contributed by atoms with van der Waals surface area (Å²) in [7, 11) is 0. The highest BCUT2D eigenvalue weighted by atomic mass is 35.5. The van der Waals surface area contributed by atoms with E-state index in [1.165, 1.54) is 0 Å². The highest BCUT2D eigenvalue weighted by Crippen LogP contribution is 2.19. The molecule has 0 bridgehead atoms. The van der Waals surface area contributed by atoms with Gasteiger partial charge < -0.3 is 4.74 Å². The second-order valence-electron chi connectivity index (χ2n) is 2.91. The molecular weight excluding hydrogens is 202 g/mol. The van der Waals surface area contributed by atoms with Gasteiger partial charge in [-0.15, -0.1) is 0 Å². The average Bonchev–Trinajstić information content (AvgIpc) is 2.13. The van der Waals surface area contributed by atoms with Crippen LogP contribution in [0.3, 0.4) is 0 Å². The van der Waals surface area contributed by atoms with E-state index in [0.29, 0.717) is 17.2 Å². The van der Waals surface area contributed by atoms with Crippen LogP contribution in [0.1, 0.15) is 18.1 Å². The van der Waals surface area contributed by atoms with E-state index < -0.39 is 0 Å². The van der Waals surface area contributed by atoms with Crippen molar-refractivity contribution in [3.05, 3.63) is 28.5 Å². The third-order valence-electron chi connectivity index (χ3n) is 1.77. The van der Waals surface area contributed by atoms with Crippen LogP contribution >= 0.6 is 11.6 Å². The zero-order valence-electron chi connectivity index (χ0n) is 8.21. The Balaban J connectivity index is 2.76. The molecule has 0 aliphatic carbocycles. The van der Waals surface area contributed by atoms with Gasteiger partial charge >= 0.3 is 5.97 Å². The number of aryl methyl sites for hydroxylation is 1. The monoisotopic (exact) mass is 213 g/mol. The lowest BCUT2D eigenvalue weighted by Crippen LogP contribution is -2.08. The van der Waals surface area contributed by atoms with Crippen molar-refractivity contribution in [2.75, 3.05) is 6.61 Å². The number of hydrogen-bond acceptors (Lipinski definition) is 3. The standard InChI is InChI=1S/C10H12ClNO2/c1-3-14-9(13)4-8-6-12-5-7(2)10(8)11/h5-6H,3-4H2,1-2H3. The van der Waals surface area contributed by atoms with Crippen LogP contribution in [0.4, 0.5) is 0 Å². The smallest absolute Gasteiger partial charge is 0.310 e. The van der Waals surface area contributed by atoms with Crippen molar-refractivity contribution in [3.8, 4) is 0 Å². The average molecular weight is 214 g/mol. The van der Waals surface area contributed by atoms with E-state index in [4.69, 9.17) is 16.3 Å². The lowest BCUT2D eigenvalue weighted by atomic mass is 10.1. The summed E-state index contributed by atoms with van der Waals surface area (Å²) in [5.74, 6) is -0.276. The number of carbonyl (C=O) groups is 1. The number of halogens is 1. The summed E-state index contributed by atoms with van der Waals surface area (Å²) >= 11 is 5.99. The molecule has 0 radical (unpaired) electrons. The molecule has 1 aromatic rings. The number of hydrogen-bond donors (Lipinski definition) is 0. The highest BCUT2D eigenvalue weighted by Gasteiger charge is 2.09. The zero-order valence-corrected chi connectivity index (χ0v) is 8.97. The Labute approximate surface area is 88.1 Å². The van der Waals surface area contributed by atoms with Crippen molar-refractivity contribution >= 4 is 17.6 Å². The van der Waals surface area contributed by atoms with Crippen molar-refractivity contribution in [1.82, 2.24) is 4.98 Å². The number of pyridine rings is 1. The summed E-state index contributed by atoms with van der Waals surface area (Å²) in [6, 6.07) is 0. The van der Waals surface area contributed by atoms with Crippen LogP contribution in [-0.4, -0.2) is 17.6 Å². The van der Waals surface area contributed by atoms with Gasteiger partial charge in [0.1, 0.15) is 0 Å². The molecule has 0 N–H and O–H groups in total. The Morgan fingerprint density at radius 2 is 2.29 bits per heavy atom. The first kappa shape index (κ1) is 11.0. The summed E-state index contributed by atoms with van der Waals surface area (Å²) in [6.45, 7) is 4.01. The summed E-state index contributed by atoms with van der Waals surface area (Å²) in [5.41, 5.74) is 1.58. The Morgan fingerprint density at radius 1 is 1.57 bits per heavy atom. The topological polar surface area (TPSA) is 39.2 Å². The number of esters is 1. The largest absolute Gasteiger partial charge is 0.466 e. The van der Waals surface area contributed by atoms with Gasteiger partial charge in [-0.2, -0.15) is 0 Å². The van der Waals surface area contributed by atoms with E-state index in [1.54, 1.807) is 19.3 Å². The minimum atomic E-state index is -0.276. The van der Waals surface area contributed by atoms with Crippen LogP contribution in [-0.2, 0) is 16.0 Å². The molecule has 1 rings (SSSR count). The lowest BCUT2D eigenvalue weighted by Gasteiger charge is -2.05. The zero-order chi connectivity index (χ0) is 10.6. The van der Waals surface area contributed by atoms with Gasteiger partial charge in [0.05, 0.1) is 18.1 Å². The first-order chi connectivity index (χ1) is 6.65. The third-order valence-corrected chi connectivity index (χ3v) is 2.31. The second kappa shape index (κ2) is 4.96. The van der Waals surface area contributed by atoms with E-state index >= 15 is 0 Å². The second-order valence-corrected chi connectivity index (χ2v) is 3.29. The van der Waals surface area contributed by atoms with Crippen LogP contribution in [0.25, 0.3) is 0 Å². The molecule has 0 saturated carbocycles. The summed E-state index contributed by atoms with van der Waals surface area (Å²) < 4.78 is 4.82. The molecular formula is C10H12ClNO2. The first-order valence-corrected chi connectivity index (χ1v) is 4.77. The molecule has 0 aromatic carbocycles. The number of ether oxygens (including phenoxy) is 1. The van der Waals surface area contributed by atoms with Crippen molar-refractivity contribution in [3.63, 3.8) is 0 Å². The van der Waals surface area contributed by atoms with Crippen LogP contribution < -0.4 is 0 Å². The summed E-state index contributed by atoms with van der Waals surface area (Å²) in [6.07, 6.45) is 3.44. The van der Waals surface area contributed by atoms with Gasteiger partial charge in [-0.05, 0) is 19.4 Å². The van der Waals surface area contributed by atoms with Gasteiger partial charge in [0, 0.05) is 18.0 Å². The maximum atomic E-state index is 11.2. The van der Waals surface area contributed by atoms with Crippen LogP contribution in [0.2, 0.25) is 5.02 Å². The number of carbonyl (C=O) groups excluding carboxylic acids is 1. The molecule has 0 atom stereocenters. The van der Waals surface area contributed by atoms with Gasteiger partial charge in [0.25, 0.3) is 0 Å². The SMILES string of the molecule is CCOC(=O)Cc1cncc(C)c1Cl. The summed E-state index contributed by atoms with van der Waals surface area (Å²) in [5, 5.41) is 0.591. The van der Waals surface area contributed by atoms with Crippen LogP contribution in [0.5, 0.6) is 0 Å². The van der Waals surface area contributed by atoms with E-state index in [0.717, 1.165) is 5.56 Å².